The van der Waals surface area contributed by atoms with Gasteiger partial charge in [-0.25, -0.2) is 0 Å². The molecule has 0 heterocycles. The molecule has 362 valence electrons. The van der Waals surface area contributed by atoms with Crippen LogP contribution >= 0.6 is 0 Å². The molecule has 0 saturated carbocycles. The van der Waals surface area contributed by atoms with Crippen molar-refractivity contribution in [3.63, 3.8) is 0 Å². The third-order valence-corrected chi connectivity index (χ3v) is 10.5. The molecule has 1 atom stereocenters. The number of unbranched alkanes of at least 4 members (excludes halogenated alkanes) is 17. The molecule has 0 fully saturated rings. The minimum Gasteiger partial charge on any atom is -0.462 e. The standard InChI is InChI=1S/C58H94O6/c1-4-7-10-13-16-19-22-25-27-28-29-30-32-33-36-39-42-45-48-51-57(60)63-54-55(53-62-56(59)50-47-44-41-38-35-24-21-18-15-12-9-6-3)64-58(61)52-49-46-43-40-37-34-31-26-23-20-17-14-11-8-5-2/h8,11,16-21,25-27,29-31,37,40,46,49,55H,4-7,9-10,12-15,22-24,28,32-36,38-39,41-45,47-48,50-54H2,1-3H3/b11-8-,19-16-,20-17-,21-18-,27-25-,30-29-,31-26-,40-37-,49-46-. The fourth-order valence-corrected chi connectivity index (χ4v) is 6.63. The summed E-state index contributed by atoms with van der Waals surface area (Å²) in [5, 5.41) is 0. The molecule has 0 amide bonds. The van der Waals surface area contributed by atoms with E-state index in [0.717, 1.165) is 103 Å². The summed E-state index contributed by atoms with van der Waals surface area (Å²) in [5.41, 5.74) is 0. The van der Waals surface area contributed by atoms with Crippen molar-refractivity contribution in [3.8, 4) is 0 Å². The number of ether oxygens (including phenoxy) is 3. The molecule has 0 radical (unpaired) electrons. The molecule has 0 aliphatic rings. The van der Waals surface area contributed by atoms with E-state index in [4.69, 9.17) is 14.2 Å². The van der Waals surface area contributed by atoms with Crippen LogP contribution in [-0.4, -0.2) is 37.2 Å². The van der Waals surface area contributed by atoms with Gasteiger partial charge in [0.05, 0.1) is 6.42 Å². The minimum absolute atomic E-state index is 0.0888. The van der Waals surface area contributed by atoms with Crippen LogP contribution in [0, 0.1) is 0 Å². The van der Waals surface area contributed by atoms with Crippen molar-refractivity contribution < 1.29 is 28.6 Å². The van der Waals surface area contributed by atoms with Crippen molar-refractivity contribution in [2.75, 3.05) is 13.2 Å². The van der Waals surface area contributed by atoms with Gasteiger partial charge in [-0.2, -0.15) is 0 Å². The molecule has 0 bridgehead atoms. The van der Waals surface area contributed by atoms with E-state index in [2.05, 4.69) is 118 Å². The van der Waals surface area contributed by atoms with Gasteiger partial charge in [-0.05, 0) is 109 Å². The zero-order valence-electron chi connectivity index (χ0n) is 41.3. The molecule has 0 spiro atoms. The van der Waals surface area contributed by atoms with E-state index >= 15 is 0 Å². The van der Waals surface area contributed by atoms with Crippen LogP contribution in [0.3, 0.4) is 0 Å². The Morgan fingerprint density at radius 1 is 0.344 bits per heavy atom. The molecular weight excluding hydrogens is 793 g/mol. The van der Waals surface area contributed by atoms with Crippen LogP contribution in [0.5, 0.6) is 0 Å². The predicted molar refractivity (Wildman–Crippen MR) is 274 cm³/mol. The van der Waals surface area contributed by atoms with E-state index in [1.807, 2.05) is 6.08 Å². The van der Waals surface area contributed by atoms with Crippen molar-refractivity contribution in [1.82, 2.24) is 0 Å². The molecule has 0 aromatic carbocycles. The van der Waals surface area contributed by atoms with E-state index < -0.39 is 12.1 Å². The van der Waals surface area contributed by atoms with Crippen molar-refractivity contribution in [2.45, 2.75) is 226 Å². The van der Waals surface area contributed by atoms with Gasteiger partial charge in [0.25, 0.3) is 0 Å². The van der Waals surface area contributed by atoms with E-state index in [0.29, 0.717) is 19.3 Å². The second-order valence-electron chi connectivity index (χ2n) is 16.7. The van der Waals surface area contributed by atoms with E-state index in [1.54, 1.807) is 6.08 Å². The minimum atomic E-state index is -0.842. The molecule has 0 aromatic rings. The summed E-state index contributed by atoms with van der Waals surface area (Å²) in [5.74, 6) is -1.09. The van der Waals surface area contributed by atoms with Gasteiger partial charge in [-0.3, -0.25) is 14.4 Å². The molecule has 6 nitrogen and oxygen atoms in total. The SMILES string of the molecule is CC/C=C\C/C=C\C/C=C\C/C=C\C/C=C\CC(=O)OC(COC(=O)CCCCCCC/C=C\CCCCC)COC(=O)CCCCCCCC/C=C\C/C=C\C/C=C\CCCCC. The maximum absolute atomic E-state index is 12.7. The zero-order chi connectivity index (χ0) is 46.5. The number of carbonyl (C=O) groups excluding carboxylic acids is 3. The molecule has 0 rings (SSSR count). The molecular formula is C58H94O6. The molecule has 0 N–H and O–H groups in total. The normalized spacial score (nSPS) is 13.0. The predicted octanol–water partition coefficient (Wildman–Crippen LogP) is 17.1. The van der Waals surface area contributed by atoms with Gasteiger partial charge in [-0.15, -0.1) is 0 Å². The lowest BCUT2D eigenvalue weighted by molar-refractivity contribution is -0.166. The summed E-state index contributed by atoms with van der Waals surface area (Å²) in [4.78, 5) is 37.9. The quantitative estimate of drug-likeness (QED) is 0.0262. The van der Waals surface area contributed by atoms with Gasteiger partial charge in [0, 0.05) is 12.8 Å². The van der Waals surface area contributed by atoms with Crippen LogP contribution in [0.4, 0.5) is 0 Å². The zero-order valence-corrected chi connectivity index (χ0v) is 41.3. The summed E-state index contributed by atoms with van der Waals surface area (Å²) >= 11 is 0. The number of rotatable bonds is 45. The van der Waals surface area contributed by atoms with Gasteiger partial charge in [0.2, 0.25) is 0 Å². The largest absolute Gasteiger partial charge is 0.462 e. The molecule has 0 aliphatic carbocycles. The Morgan fingerprint density at radius 2 is 0.656 bits per heavy atom. The molecule has 6 heteroatoms. The lowest BCUT2D eigenvalue weighted by Crippen LogP contribution is -2.30. The highest BCUT2D eigenvalue weighted by atomic mass is 16.6. The summed E-state index contributed by atoms with van der Waals surface area (Å²) in [6.07, 6.45) is 69.5. The third kappa shape index (κ3) is 49.1. The summed E-state index contributed by atoms with van der Waals surface area (Å²) < 4.78 is 16.7. The maximum Gasteiger partial charge on any atom is 0.310 e. The highest BCUT2D eigenvalue weighted by molar-refractivity contribution is 5.72. The van der Waals surface area contributed by atoms with Crippen molar-refractivity contribution in [2.24, 2.45) is 0 Å². The van der Waals surface area contributed by atoms with Crippen LogP contribution < -0.4 is 0 Å². The third-order valence-electron chi connectivity index (χ3n) is 10.5. The van der Waals surface area contributed by atoms with Crippen molar-refractivity contribution >= 4 is 17.9 Å². The molecule has 64 heavy (non-hydrogen) atoms. The smallest absolute Gasteiger partial charge is 0.310 e. The van der Waals surface area contributed by atoms with Crippen LogP contribution in [0.2, 0.25) is 0 Å². The van der Waals surface area contributed by atoms with E-state index in [9.17, 15) is 14.4 Å². The number of carbonyl (C=O) groups is 3. The lowest BCUT2D eigenvalue weighted by atomic mass is 10.1. The van der Waals surface area contributed by atoms with E-state index in [-0.39, 0.29) is 31.6 Å². The molecule has 0 saturated heterocycles. The first-order chi connectivity index (χ1) is 31.5. The Balaban J connectivity index is 4.53. The van der Waals surface area contributed by atoms with Crippen LogP contribution in [0.15, 0.2) is 109 Å². The second-order valence-corrected chi connectivity index (χ2v) is 16.7. The fourth-order valence-electron chi connectivity index (χ4n) is 6.63. The molecule has 0 aliphatic heterocycles. The van der Waals surface area contributed by atoms with Gasteiger partial charge in [-0.1, -0.05) is 201 Å². The number of allylic oxidation sites excluding steroid dienone is 17. The summed E-state index contributed by atoms with van der Waals surface area (Å²) in [6, 6.07) is 0. The average molecular weight is 887 g/mol. The summed E-state index contributed by atoms with van der Waals surface area (Å²) in [7, 11) is 0. The Morgan fingerprint density at radius 3 is 1.05 bits per heavy atom. The second kappa shape index (κ2) is 51.7. The monoisotopic (exact) mass is 887 g/mol. The van der Waals surface area contributed by atoms with Crippen LogP contribution in [0.1, 0.15) is 220 Å². The van der Waals surface area contributed by atoms with Gasteiger partial charge in [0.1, 0.15) is 13.2 Å². The van der Waals surface area contributed by atoms with Gasteiger partial charge < -0.3 is 14.2 Å². The topological polar surface area (TPSA) is 78.9 Å². The Kier molecular flexibility index (Phi) is 48.5. The fraction of sp³-hybridized carbons (Fsp3) is 0.638. The van der Waals surface area contributed by atoms with Gasteiger partial charge >= 0.3 is 17.9 Å². The Labute approximate surface area is 393 Å². The Hall–Kier alpha value is -3.93. The maximum atomic E-state index is 12.7. The first-order valence-electron chi connectivity index (χ1n) is 25.9. The number of esters is 3. The Bertz CT molecular complexity index is 1340. The number of hydrogen-bond acceptors (Lipinski definition) is 6. The van der Waals surface area contributed by atoms with Crippen molar-refractivity contribution in [3.05, 3.63) is 109 Å². The highest BCUT2D eigenvalue weighted by Gasteiger charge is 2.19. The first-order valence-corrected chi connectivity index (χ1v) is 25.9. The van der Waals surface area contributed by atoms with Crippen molar-refractivity contribution in [1.29, 1.82) is 0 Å². The van der Waals surface area contributed by atoms with Gasteiger partial charge in [0.15, 0.2) is 6.10 Å². The first kappa shape index (κ1) is 60.1. The summed E-state index contributed by atoms with van der Waals surface area (Å²) in [6.45, 7) is 6.35. The highest BCUT2D eigenvalue weighted by Crippen LogP contribution is 2.12. The van der Waals surface area contributed by atoms with E-state index in [1.165, 1.54) is 70.6 Å². The molecule has 1 unspecified atom stereocenters. The molecule has 0 aromatic heterocycles. The lowest BCUT2D eigenvalue weighted by Gasteiger charge is -2.18. The van der Waals surface area contributed by atoms with Crippen LogP contribution in [-0.2, 0) is 28.6 Å². The van der Waals surface area contributed by atoms with Crippen LogP contribution in [0.25, 0.3) is 0 Å². The average Bonchev–Trinajstić information content (AvgIpc) is 3.29. The number of hydrogen-bond donors (Lipinski definition) is 0.